The Morgan fingerprint density at radius 2 is 1.00 bits per heavy atom. The van der Waals surface area contributed by atoms with Gasteiger partial charge in [-0.25, -0.2) is 0 Å². The minimum absolute atomic E-state index is 0.163. The van der Waals surface area contributed by atoms with Crippen LogP contribution in [-0.4, -0.2) is 63.3 Å². The first-order chi connectivity index (χ1) is 8.70. The lowest BCUT2D eigenvalue weighted by Crippen LogP contribution is -2.15. The molecule has 0 aliphatic heterocycles. The molecule has 0 atom stereocenters. The molecule has 0 saturated heterocycles. The van der Waals surface area contributed by atoms with Crippen molar-refractivity contribution >= 4 is 35.1 Å². The average molecular weight is 303 g/mol. The lowest BCUT2D eigenvalue weighted by Gasteiger charge is -2.06. The Hall–Kier alpha value is -0.560. The zero-order valence-corrected chi connectivity index (χ0v) is 11.4. The van der Waals surface area contributed by atoms with E-state index in [0.717, 1.165) is 0 Å². The van der Waals surface area contributed by atoms with E-state index in [2.05, 4.69) is 9.47 Å². The van der Waals surface area contributed by atoms with Gasteiger partial charge in [-0.15, -0.1) is 23.2 Å². The summed E-state index contributed by atoms with van der Waals surface area (Å²) in [5.74, 6) is -1.27. The number of esters is 2. The highest BCUT2D eigenvalue weighted by Crippen LogP contribution is 1.86. The molecule has 6 nitrogen and oxygen atoms in total. The molecule has 8 heteroatoms. The summed E-state index contributed by atoms with van der Waals surface area (Å²) in [6.45, 7) is 1.63. The SMILES string of the molecule is O=C(CCl)OCCOCCOCCOC(=O)CCl. The van der Waals surface area contributed by atoms with Crippen molar-refractivity contribution in [2.45, 2.75) is 0 Å². The summed E-state index contributed by atoms with van der Waals surface area (Å²) in [5, 5.41) is 0. The second-order valence-corrected chi connectivity index (χ2v) is 3.47. The summed E-state index contributed by atoms with van der Waals surface area (Å²) in [6.07, 6.45) is 0. The molecule has 0 amide bonds. The second-order valence-electron chi connectivity index (χ2n) is 2.93. The van der Waals surface area contributed by atoms with E-state index in [9.17, 15) is 9.59 Å². The number of rotatable bonds is 11. The van der Waals surface area contributed by atoms with Gasteiger partial charge in [0.1, 0.15) is 25.0 Å². The molecule has 0 aromatic rings. The van der Waals surface area contributed by atoms with E-state index in [-0.39, 0.29) is 38.2 Å². The summed E-state index contributed by atoms with van der Waals surface area (Å²) >= 11 is 10.4. The Morgan fingerprint density at radius 3 is 1.33 bits per heavy atom. The van der Waals surface area contributed by atoms with E-state index < -0.39 is 11.9 Å². The van der Waals surface area contributed by atoms with Gasteiger partial charge in [0.15, 0.2) is 0 Å². The smallest absolute Gasteiger partial charge is 0.320 e. The second kappa shape index (κ2) is 12.9. The zero-order chi connectivity index (χ0) is 13.6. The highest BCUT2D eigenvalue weighted by Gasteiger charge is 1.99. The summed E-state index contributed by atoms with van der Waals surface area (Å²) < 4.78 is 19.5. The van der Waals surface area contributed by atoms with E-state index >= 15 is 0 Å². The fourth-order valence-electron chi connectivity index (χ4n) is 0.828. The van der Waals surface area contributed by atoms with E-state index in [0.29, 0.717) is 13.2 Å². The zero-order valence-electron chi connectivity index (χ0n) is 9.86. The van der Waals surface area contributed by atoms with Gasteiger partial charge in [-0.2, -0.15) is 0 Å². The van der Waals surface area contributed by atoms with Gasteiger partial charge >= 0.3 is 11.9 Å². The van der Waals surface area contributed by atoms with Crippen LogP contribution in [-0.2, 0) is 28.5 Å². The Morgan fingerprint density at radius 1 is 0.667 bits per heavy atom. The first-order valence-electron chi connectivity index (χ1n) is 5.29. The standard InChI is InChI=1S/C10H16Cl2O6/c11-7-9(13)17-5-3-15-1-2-16-4-6-18-10(14)8-12/h1-8H2. The number of hydrogen-bond acceptors (Lipinski definition) is 6. The van der Waals surface area contributed by atoms with Crippen molar-refractivity contribution in [1.82, 2.24) is 0 Å². The van der Waals surface area contributed by atoms with E-state index in [1.165, 1.54) is 0 Å². The molecule has 0 unspecified atom stereocenters. The molecule has 0 fully saturated rings. The largest absolute Gasteiger partial charge is 0.462 e. The third-order valence-corrected chi connectivity index (χ3v) is 2.01. The molecule has 0 heterocycles. The summed E-state index contributed by atoms with van der Waals surface area (Å²) in [6, 6.07) is 0. The van der Waals surface area contributed by atoms with Crippen molar-refractivity contribution in [1.29, 1.82) is 0 Å². The van der Waals surface area contributed by atoms with E-state index in [1.54, 1.807) is 0 Å². The first-order valence-corrected chi connectivity index (χ1v) is 6.36. The third-order valence-electron chi connectivity index (χ3n) is 1.57. The summed E-state index contributed by atoms with van der Waals surface area (Å²) in [4.78, 5) is 21.2. The van der Waals surface area contributed by atoms with Gasteiger partial charge in [-0.05, 0) is 0 Å². The average Bonchev–Trinajstić information content (AvgIpc) is 2.40. The molecule has 0 aromatic heterocycles. The van der Waals surface area contributed by atoms with Gasteiger partial charge in [0.2, 0.25) is 0 Å². The van der Waals surface area contributed by atoms with Crippen LogP contribution in [0.5, 0.6) is 0 Å². The Labute approximate surface area is 115 Å². The predicted molar refractivity (Wildman–Crippen MR) is 65.0 cm³/mol. The highest BCUT2D eigenvalue weighted by molar-refractivity contribution is 6.26. The van der Waals surface area contributed by atoms with Crippen LogP contribution < -0.4 is 0 Å². The third kappa shape index (κ3) is 11.9. The molecule has 0 saturated carbocycles. The molecule has 0 rings (SSSR count). The molecule has 106 valence electrons. The predicted octanol–water partition coefficient (Wildman–Crippen LogP) is 0.584. The van der Waals surface area contributed by atoms with Crippen LogP contribution in [0.15, 0.2) is 0 Å². The van der Waals surface area contributed by atoms with Crippen LogP contribution in [0.1, 0.15) is 0 Å². The number of carbonyl (C=O) groups excluding carboxylic acids is 2. The van der Waals surface area contributed by atoms with Gasteiger partial charge in [-0.3, -0.25) is 9.59 Å². The number of hydrogen-bond donors (Lipinski definition) is 0. The van der Waals surface area contributed by atoms with Crippen LogP contribution in [0.25, 0.3) is 0 Å². The lowest BCUT2D eigenvalue weighted by molar-refractivity contribution is -0.143. The molecule has 0 N–H and O–H groups in total. The number of halogens is 2. The minimum Gasteiger partial charge on any atom is -0.462 e. The number of alkyl halides is 2. The molecule has 0 aliphatic carbocycles. The van der Waals surface area contributed by atoms with Gasteiger partial charge in [0, 0.05) is 0 Å². The molecular weight excluding hydrogens is 287 g/mol. The van der Waals surface area contributed by atoms with Crippen LogP contribution in [0.2, 0.25) is 0 Å². The van der Waals surface area contributed by atoms with Gasteiger partial charge in [0.25, 0.3) is 0 Å². The minimum atomic E-state index is -0.474. The van der Waals surface area contributed by atoms with Crippen molar-refractivity contribution in [2.24, 2.45) is 0 Å². The number of carbonyl (C=O) groups is 2. The normalized spacial score (nSPS) is 10.1. The molecule has 18 heavy (non-hydrogen) atoms. The van der Waals surface area contributed by atoms with E-state index in [4.69, 9.17) is 32.7 Å². The molecule has 0 spiro atoms. The van der Waals surface area contributed by atoms with Crippen LogP contribution in [0.4, 0.5) is 0 Å². The fourth-order valence-corrected chi connectivity index (χ4v) is 0.982. The molecule has 0 radical (unpaired) electrons. The number of ether oxygens (including phenoxy) is 4. The Kier molecular flexibility index (Phi) is 12.5. The fraction of sp³-hybridized carbons (Fsp3) is 0.800. The van der Waals surface area contributed by atoms with Crippen LogP contribution >= 0.6 is 23.2 Å². The maximum Gasteiger partial charge on any atom is 0.320 e. The van der Waals surface area contributed by atoms with Crippen molar-refractivity contribution < 1.29 is 28.5 Å². The molecule has 0 aromatic carbocycles. The van der Waals surface area contributed by atoms with Crippen molar-refractivity contribution in [2.75, 3.05) is 51.4 Å². The molecule has 0 aliphatic rings. The van der Waals surface area contributed by atoms with Crippen LogP contribution in [0.3, 0.4) is 0 Å². The van der Waals surface area contributed by atoms with Gasteiger partial charge in [-0.1, -0.05) is 0 Å². The Bertz CT molecular complexity index is 212. The maximum atomic E-state index is 10.6. The molecular formula is C10H16Cl2O6. The quantitative estimate of drug-likeness (QED) is 0.316. The lowest BCUT2D eigenvalue weighted by atomic mass is 10.7. The van der Waals surface area contributed by atoms with Gasteiger partial charge < -0.3 is 18.9 Å². The van der Waals surface area contributed by atoms with Crippen molar-refractivity contribution in [3.05, 3.63) is 0 Å². The van der Waals surface area contributed by atoms with Gasteiger partial charge in [0.05, 0.1) is 26.4 Å². The van der Waals surface area contributed by atoms with Crippen molar-refractivity contribution in [3.8, 4) is 0 Å². The monoisotopic (exact) mass is 302 g/mol. The van der Waals surface area contributed by atoms with Crippen molar-refractivity contribution in [3.63, 3.8) is 0 Å². The maximum absolute atomic E-state index is 10.6. The first kappa shape index (κ1) is 17.4. The van der Waals surface area contributed by atoms with Crippen LogP contribution in [0, 0.1) is 0 Å². The Balaban J connectivity index is 3.07. The highest BCUT2D eigenvalue weighted by atomic mass is 35.5. The molecule has 0 bridgehead atoms. The summed E-state index contributed by atoms with van der Waals surface area (Å²) in [7, 11) is 0. The summed E-state index contributed by atoms with van der Waals surface area (Å²) in [5.41, 5.74) is 0. The topological polar surface area (TPSA) is 71.1 Å². The van der Waals surface area contributed by atoms with E-state index in [1.807, 2.05) is 0 Å².